The Labute approximate surface area is 125 Å². The Bertz CT molecular complexity index is 522. The molecule has 0 aliphatic carbocycles. The smallest absolute Gasteiger partial charge is 0.290 e. The second-order valence-corrected chi connectivity index (χ2v) is 5.07. The topological polar surface area (TPSA) is 92.5 Å². The molecule has 1 aromatic rings. The Morgan fingerprint density at radius 1 is 1.50 bits per heavy atom. The molecule has 0 fully saturated rings. The van der Waals surface area contributed by atoms with Gasteiger partial charge in [0.1, 0.15) is 5.02 Å². The predicted molar refractivity (Wildman–Crippen MR) is 76.4 cm³/mol. The molecule has 0 aliphatic heterocycles. The maximum atomic E-state index is 12.0. The quantitative estimate of drug-likeness (QED) is 0.622. The van der Waals surface area contributed by atoms with Gasteiger partial charge in [-0.3, -0.25) is 14.9 Å². The minimum atomic E-state index is -0.694. The summed E-state index contributed by atoms with van der Waals surface area (Å²) in [5.74, 6) is -0.475. The number of aliphatic hydroxyl groups is 1. The second-order valence-electron chi connectivity index (χ2n) is 4.29. The van der Waals surface area contributed by atoms with Crippen molar-refractivity contribution in [3.63, 3.8) is 0 Å². The van der Waals surface area contributed by atoms with Gasteiger partial charge in [0.15, 0.2) is 0 Å². The maximum absolute atomic E-state index is 12.0. The normalized spacial score (nSPS) is 12.0. The lowest BCUT2D eigenvalue weighted by molar-refractivity contribution is -0.384. The Morgan fingerprint density at radius 2 is 2.15 bits per heavy atom. The highest BCUT2D eigenvalue weighted by atomic mass is 35.5. The molecule has 0 aromatic heterocycles. The number of aliphatic hydroxyl groups excluding tert-OH is 1. The van der Waals surface area contributed by atoms with Gasteiger partial charge in [0.05, 0.1) is 9.95 Å². The number of hydrogen-bond acceptors (Lipinski definition) is 4. The Balaban J connectivity index is 2.91. The molecule has 8 heteroatoms. The summed E-state index contributed by atoms with van der Waals surface area (Å²) in [7, 11) is 0. The lowest BCUT2D eigenvalue weighted by Crippen LogP contribution is -2.32. The third-order valence-corrected chi connectivity index (χ3v) is 3.43. The lowest BCUT2D eigenvalue weighted by atomic mass is 10.1. The molecule has 0 heterocycles. The minimum absolute atomic E-state index is 0.0401. The van der Waals surface area contributed by atoms with Crippen molar-refractivity contribution in [2.24, 2.45) is 0 Å². The van der Waals surface area contributed by atoms with E-state index in [2.05, 4.69) is 5.32 Å². The molecule has 6 nitrogen and oxygen atoms in total. The molecule has 2 N–H and O–H groups in total. The zero-order valence-corrected chi connectivity index (χ0v) is 12.2. The van der Waals surface area contributed by atoms with E-state index in [-0.39, 0.29) is 28.3 Å². The average Bonchev–Trinajstić information content (AvgIpc) is 2.38. The summed E-state index contributed by atoms with van der Waals surface area (Å²) >= 11 is 11.5. The van der Waals surface area contributed by atoms with Crippen LogP contribution in [0, 0.1) is 10.1 Å². The molecule has 20 heavy (non-hydrogen) atoms. The molecule has 1 rings (SSSR count). The van der Waals surface area contributed by atoms with Crippen LogP contribution in [-0.4, -0.2) is 28.6 Å². The van der Waals surface area contributed by atoms with Crippen LogP contribution in [0.4, 0.5) is 5.69 Å². The average molecular weight is 321 g/mol. The highest BCUT2D eigenvalue weighted by molar-refractivity contribution is 6.43. The van der Waals surface area contributed by atoms with Crippen LogP contribution in [-0.2, 0) is 0 Å². The van der Waals surface area contributed by atoms with E-state index in [4.69, 9.17) is 28.3 Å². The van der Waals surface area contributed by atoms with Crippen molar-refractivity contribution in [2.45, 2.75) is 25.8 Å². The summed E-state index contributed by atoms with van der Waals surface area (Å²) < 4.78 is 0. The van der Waals surface area contributed by atoms with E-state index in [0.29, 0.717) is 12.8 Å². The number of nitrogens with one attached hydrogen (secondary N) is 1. The number of halogens is 2. The highest BCUT2D eigenvalue weighted by Crippen LogP contribution is 2.33. The van der Waals surface area contributed by atoms with Gasteiger partial charge < -0.3 is 10.4 Å². The molecule has 1 unspecified atom stereocenters. The molecule has 0 spiro atoms. The number of carbonyl (C=O) groups excluding carboxylic acids is 1. The van der Waals surface area contributed by atoms with Gasteiger partial charge in [-0.05, 0) is 25.8 Å². The van der Waals surface area contributed by atoms with Crippen LogP contribution in [0.1, 0.15) is 30.1 Å². The summed E-state index contributed by atoms with van der Waals surface area (Å²) in [6.07, 6.45) is 1.16. The molecule has 110 valence electrons. The molecule has 1 amide bonds. The van der Waals surface area contributed by atoms with Crippen molar-refractivity contribution < 1.29 is 14.8 Å². The monoisotopic (exact) mass is 320 g/mol. The van der Waals surface area contributed by atoms with Crippen molar-refractivity contribution >= 4 is 34.8 Å². The molecule has 0 saturated heterocycles. The van der Waals surface area contributed by atoms with Crippen LogP contribution in [0.2, 0.25) is 10.0 Å². The van der Waals surface area contributed by atoms with Crippen LogP contribution in [0.3, 0.4) is 0 Å². The maximum Gasteiger partial charge on any atom is 0.290 e. The summed E-state index contributed by atoms with van der Waals surface area (Å²) in [5.41, 5.74) is -0.339. The van der Waals surface area contributed by atoms with Gasteiger partial charge in [-0.25, -0.2) is 0 Å². The Kier molecular flexibility index (Phi) is 6.19. The van der Waals surface area contributed by atoms with Crippen molar-refractivity contribution in [3.05, 3.63) is 37.9 Å². The lowest BCUT2D eigenvalue weighted by Gasteiger charge is -2.13. The molecular weight excluding hydrogens is 307 g/mol. The number of rotatable bonds is 6. The minimum Gasteiger partial charge on any atom is -0.396 e. The van der Waals surface area contributed by atoms with Gasteiger partial charge in [0.2, 0.25) is 0 Å². The van der Waals surface area contributed by atoms with Gasteiger partial charge in [0.25, 0.3) is 11.6 Å². The number of amides is 1. The van der Waals surface area contributed by atoms with Gasteiger partial charge in [-0.2, -0.15) is 0 Å². The summed E-state index contributed by atoms with van der Waals surface area (Å²) in [6.45, 7) is 1.82. The van der Waals surface area contributed by atoms with Crippen LogP contribution in [0.5, 0.6) is 0 Å². The van der Waals surface area contributed by atoms with E-state index in [1.807, 2.05) is 0 Å². The molecular formula is C12H14Cl2N2O4. The summed E-state index contributed by atoms with van der Waals surface area (Å²) in [6, 6.07) is 2.20. The number of hydrogen-bond donors (Lipinski definition) is 2. The van der Waals surface area contributed by atoms with Crippen molar-refractivity contribution in [3.8, 4) is 0 Å². The third kappa shape index (κ3) is 4.33. The first-order valence-electron chi connectivity index (χ1n) is 5.92. The first-order valence-corrected chi connectivity index (χ1v) is 6.67. The fourth-order valence-corrected chi connectivity index (χ4v) is 2.01. The Hall–Kier alpha value is -1.37. The van der Waals surface area contributed by atoms with Gasteiger partial charge >= 0.3 is 0 Å². The van der Waals surface area contributed by atoms with Crippen LogP contribution in [0.15, 0.2) is 12.1 Å². The molecule has 0 aliphatic rings. The second kappa shape index (κ2) is 7.42. The van der Waals surface area contributed by atoms with Crippen molar-refractivity contribution in [1.82, 2.24) is 5.32 Å². The largest absolute Gasteiger partial charge is 0.396 e. The Morgan fingerprint density at radius 3 is 2.70 bits per heavy atom. The highest BCUT2D eigenvalue weighted by Gasteiger charge is 2.20. The summed E-state index contributed by atoms with van der Waals surface area (Å²) in [5, 5.41) is 22.0. The standard InChI is InChI=1S/C12H14Cl2N2O4/c1-7(3-2-4-17)15-12(18)8-5-9(13)11(14)10(6-8)16(19)20/h5-7,17H,2-4H2,1H3,(H,15,18). The number of carbonyl (C=O) groups is 1. The number of nitro benzene ring substituents is 1. The molecule has 0 radical (unpaired) electrons. The first-order chi connectivity index (χ1) is 9.36. The van der Waals surface area contributed by atoms with E-state index >= 15 is 0 Å². The third-order valence-electron chi connectivity index (χ3n) is 2.64. The number of nitro groups is 1. The number of nitrogens with zero attached hydrogens (tertiary/aromatic N) is 1. The fraction of sp³-hybridized carbons (Fsp3) is 0.417. The van der Waals surface area contributed by atoms with E-state index in [9.17, 15) is 14.9 Å². The van der Waals surface area contributed by atoms with Gasteiger partial charge in [0, 0.05) is 24.3 Å². The van der Waals surface area contributed by atoms with E-state index in [1.165, 1.54) is 6.07 Å². The van der Waals surface area contributed by atoms with Crippen LogP contribution >= 0.6 is 23.2 Å². The fourth-order valence-electron chi connectivity index (χ4n) is 1.62. The molecule has 0 saturated carbocycles. The zero-order chi connectivity index (χ0) is 15.3. The van der Waals surface area contributed by atoms with E-state index in [1.54, 1.807) is 6.92 Å². The first kappa shape index (κ1) is 16.7. The van der Waals surface area contributed by atoms with Crippen molar-refractivity contribution in [1.29, 1.82) is 0 Å². The molecule has 0 bridgehead atoms. The predicted octanol–water partition coefficient (Wildman–Crippen LogP) is 2.79. The summed E-state index contributed by atoms with van der Waals surface area (Å²) in [4.78, 5) is 22.1. The van der Waals surface area contributed by atoms with Crippen molar-refractivity contribution in [2.75, 3.05) is 6.61 Å². The van der Waals surface area contributed by atoms with E-state index < -0.39 is 16.5 Å². The van der Waals surface area contributed by atoms with E-state index in [0.717, 1.165) is 6.07 Å². The molecule has 1 atom stereocenters. The zero-order valence-electron chi connectivity index (χ0n) is 10.7. The van der Waals surface area contributed by atoms with Crippen LogP contribution < -0.4 is 5.32 Å². The van der Waals surface area contributed by atoms with Gasteiger partial charge in [-0.15, -0.1) is 0 Å². The number of benzene rings is 1. The molecule has 1 aromatic carbocycles. The van der Waals surface area contributed by atoms with Gasteiger partial charge in [-0.1, -0.05) is 23.2 Å². The van der Waals surface area contributed by atoms with Crippen LogP contribution in [0.25, 0.3) is 0 Å². The SMILES string of the molecule is CC(CCCO)NC(=O)c1cc(Cl)c(Cl)c([N+](=O)[O-])c1.